The fourth-order valence-electron chi connectivity index (χ4n) is 1.83. The maximum atomic E-state index is 11.6. The number of aliphatic carboxylic acids is 1. The van der Waals surface area contributed by atoms with Crippen molar-refractivity contribution in [2.75, 3.05) is 0 Å². The lowest BCUT2D eigenvalue weighted by Gasteiger charge is -2.17. The molecule has 2 N–H and O–H groups in total. The summed E-state index contributed by atoms with van der Waals surface area (Å²) in [5.74, 6) is -1.19. The van der Waals surface area contributed by atoms with Crippen molar-refractivity contribution in [3.63, 3.8) is 0 Å². The van der Waals surface area contributed by atoms with Gasteiger partial charge in [-0.25, -0.2) is 4.79 Å². The van der Waals surface area contributed by atoms with E-state index in [0.29, 0.717) is 6.42 Å². The summed E-state index contributed by atoms with van der Waals surface area (Å²) < 4.78 is 0. The molecule has 0 aromatic rings. The number of hydrogen-bond acceptors (Lipinski definition) is 2. The molecule has 106 valence electrons. The van der Waals surface area contributed by atoms with Crippen LogP contribution in [0.15, 0.2) is 0 Å². The van der Waals surface area contributed by atoms with Gasteiger partial charge in [0.1, 0.15) is 6.04 Å². The van der Waals surface area contributed by atoms with Gasteiger partial charge >= 0.3 is 5.97 Å². The van der Waals surface area contributed by atoms with Gasteiger partial charge in [-0.2, -0.15) is 0 Å². The largest absolute Gasteiger partial charge is 0.480 e. The minimum Gasteiger partial charge on any atom is -0.480 e. The Morgan fingerprint density at radius 2 is 1.61 bits per heavy atom. The number of carbonyl (C=O) groups is 2. The van der Waals surface area contributed by atoms with Gasteiger partial charge in [0, 0.05) is 6.42 Å². The zero-order valence-corrected chi connectivity index (χ0v) is 11.9. The van der Waals surface area contributed by atoms with E-state index in [1.807, 2.05) is 0 Å². The fraction of sp³-hybridized carbons (Fsp3) is 0.857. The highest BCUT2D eigenvalue weighted by Gasteiger charge is 2.22. The minimum absolute atomic E-state index is 0.0870. The number of unbranched alkanes of at least 4 members (excludes halogenated alkanes) is 5. The number of hydrogen-bond donors (Lipinski definition) is 2. The Labute approximate surface area is 110 Å². The van der Waals surface area contributed by atoms with Crippen LogP contribution in [0.25, 0.3) is 0 Å². The second-order valence-electron chi connectivity index (χ2n) is 5.15. The first kappa shape index (κ1) is 16.9. The van der Waals surface area contributed by atoms with Crippen molar-refractivity contribution < 1.29 is 14.7 Å². The molecule has 0 aromatic heterocycles. The van der Waals surface area contributed by atoms with Crippen LogP contribution in [0.2, 0.25) is 0 Å². The molecule has 0 saturated heterocycles. The second kappa shape index (κ2) is 9.92. The van der Waals surface area contributed by atoms with Crippen LogP contribution in [0.3, 0.4) is 0 Å². The number of rotatable bonds is 10. The van der Waals surface area contributed by atoms with Crippen molar-refractivity contribution in [3.05, 3.63) is 0 Å². The quantitative estimate of drug-likeness (QED) is 0.591. The Morgan fingerprint density at radius 3 is 2.11 bits per heavy atom. The highest BCUT2D eigenvalue weighted by molar-refractivity contribution is 5.83. The molecule has 0 unspecified atom stereocenters. The molecule has 0 saturated carbocycles. The molecule has 4 nitrogen and oxygen atoms in total. The minimum atomic E-state index is -0.957. The summed E-state index contributed by atoms with van der Waals surface area (Å²) in [4.78, 5) is 22.5. The van der Waals surface area contributed by atoms with E-state index in [9.17, 15) is 9.59 Å². The highest BCUT2D eigenvalue weighted by Crippen LogP contribution is 2.08. The number of amides is 1. The van der Waals surface area contributed by atoms with Crippen LogP contribution in [0.4, 0.5) is 0 Å². The Morgan fingerprint density at radius 1 is 1.06 bits per heavy atom. The molecule has 0 aromatic carbocycles. The van der Waals surface area contributed by atoms with Gasteiger partial charge in [0.25, 0.3) is 0 Å². The van der Waals surface area contributed by atoms with E-state index in [0.717, 1.165) is 19.3 Å². The van der Waals surface area contributed by atoms with Crippen LogP contribution >= 0.6 is 0 Å². The Hall–Kier alpha value is -1.06. The van der Waals surface area contributed by atoms with E-state index >= 15 is 0 Å². The number of carboxylic acids is 1. The molecule has 0 aliphatic carbocycles. The standard InChI is InChI=1S/C14H27NO3/c1-4-5-6-7-8-9-10-12(16)15-13(11(2)3)14(17)18/h11,13H,4-10H2,1-3H3,(H,15,16)(H,17,18)/t13-/m1/s1. The van der Waals surface area contributed by atoms with Crippen LogP contribution in [-0.2, 0) is 9.59 Å². The van der Waals surface area contributed by atoms with Crippen molar-refractivity contribution in [3.8, 4) is 0 Å². The van der Waals surface area contributed by atoms with E-state index in [1.165, 1.54) is 19.3 Å². The summed E-state index contributed by atoms with van der Waals surface area (Å²) in [5.41, 5.74) is 0. The molecule has 0 aliphatic rings. The van der Waals surface area contributed by atoms with E-state index in [4.69, 9.17) is 5.11 Å². The first-order chi connectivity index (χ1) is 8.49. The normalized spacial score (nSPS) is 12.4. The van der Waals surface area contributed by atoms with Crippen molar-refractivity contribution in [2.24, 2.45) is 5.92 Å². The van der Waals surface area contributed by atoms with Crippen LogP contribution in [0.1, 0.15) is 65.7 Å². The SMILES string of the molecule is CCCCCCCCC(=O)N[C@@H](C(=O)O)C(C)C. The molecule has 1 atom stereocenters. The summed E-state index contributed by atoms with van der Waals surface area (Å²) in [6.45, 7) is 5.76. The first-order valence-corrected chi connectivity index (χ1v) is 7.01. The van der Waals surface area contributed by atoms with Gasteiger partial charge in [-0.3, -0.25) is 4.79 Å². The Balaban J connectivity index is 3.72. The predicted octanol–water partition coefficient (Wildman–Crippen LogP) is 2.96. The fourth-order valence-corrected chi connectivity index (χ4v) is 1.83. The maximum absolute atomic E-state index is 11.6. The predicted molar refractivity (Wildman–Crippen MR) is 72.4 cm³/mol. The second-order valence-corrected chi connectivity index (χ2v) is 5.15. The van der Waals surface area contributed by atoms with Gasteiger partial charge in [0.2, 0.25) is 5.91 Å². The monoisotopic (exact) mass is 257 g/mol. The van der Waals surface area contributed by atoms with Crippen LogP contribution < -0.4 is 5.32 Å². The molecule has 0 bridgehead atoms. The van der Waals surface area contributed by atoms with Crippen molar-refractivity contribution in [2.45, 2.75) is 71.8 Å². The molecule has 0 fully saturated rings. The highest BCUT2D eigenvalue weighted by atomic mass is 16.4. The molecule has 0 radical (unpaired) electrons. The Bertz CT molecular complexity index is 251. The third-order valence-corrected chi connectivity index (χ3v) is 3.01. The molecule has 1 amide bonds. The van der Waals surface area contributed by atoms with E-state index in [-0.39, 0.29) is 11.8 Å². The molecule has 0 aliphatic heterocycles. The molecule has 4 heteroatoms. The van der Waals surface area contributed by atoms with E-state index < -0.39 is 12.0 Å². The topological polar surface area (TPSA) is 66.4 Å². The van der Waals surface area contributed by atoms with Gasteiger partial charge < -0.3 is 10.4 Å². The van der Waals surface area contributed by atoms with E-state index in [1.54, 1.807) is 13.8 Å². The van der Waals surface area contributed by atoms with Crippen LogP contribution in [0, 0.1) is 5.92 Å². The van der Waals surface area contributed by atoms with Gasteiger partial charge in [-0.15, -0.1) is 0 Å². The number of carbonyl (C=O) groups excluding carboxylic acids is 1. The van der Waals surface area contributed by atoms with Gasteiger partial charge in [-0.1, -0.05) is 52.9 Å². The lowest BCUT2D eigenvalue weighted by molar-refractivity contribution is -0.143. The molecule has 18 heavy (non-hydrogen) atoms. The summed E-state index contributed by atoms with van der Waals surface area (Å²) >= 11 is 0. The zero-order chi connectivity index (χ0) is 14.0. The van der Waals surface area contributed by atoms with Crippen LogP contribution in [-0.4, -0.2) is 23.0 Å². The summed E-state index contributed by atoms with van der Waals surface area (Å²) in [7, 11) is 0. The van der Waals surface area contributed by atoms with Gasteiger partial charge in [-0.05, 0) is 12.3 Å². The van der Waals surface area contributed by atoms with E-state index in [2.05, 4.69) is 12.2 Å². The van der Waals surface area contributed by atoms with Gasteiger partial charge in [0.15, 0.2) is 0 Å². The summed E-state index contributed by atoms with van der Waals surface area (Å²) in [6.07, 6.45) is 7.18. The van der Waals surface area contributed by atoms with Crippen molar-refractivity contribution in [1.82, 2.24) is 5.32 Å². The third kappa shape index (κ3) is 8.09. The van der Waals surface area contributed by atoms with Gasteiger partial charge in [0.05, 0.1) is 0 Å². The molecule has 0 rings (SSSR count). The third-order valence-electron chi connectivity index (χ3n) is 3.01. The summed E-state index contributed by atoms with van der Waals surface area (Å²) in [6, 6.07) is -0.766. The molecular formula is C14H27NO3. The lowest BCUT2D eigenvalue weighted by atomic mass is 10.0. The smallest absolute Gasteiger partial charge is 0.326 e. The molecule has 0 spiro atoms. The Kier molecular flexibility index (Phi) is 9.33. The van der Waals surface area contributed by atoms with Crippen molar-refractivity contribution >= 4 is 11.9 Å². The summed E-state index contributed by atoms with van der Waals surface area (Å²) in [5, 5.41) is 11.5. The zero-order valence-electron chi connectivity index (χ0n) is 11.9. The molecule has 0 heterocycles. The molecular weight excluding hydrogens is 230 g/mol. The lowest BCUT2D eigenvalue weighted by Crippen LogP contribution is -2.44. The maximum Gasteiger partial charge on any atom is 0.326 e. The van der Waals surface area contributed by atoms with Crippen LogP contribution in [0.5, 0.6) is 0 Å². The number of nitrogens with one attached hydrogen (secondary N) is 1. The average Bonchev–Trinajstić information content (AvgIpc) is 2.29. The average molecular weight is 257 g/mol. The first-order valence-electron chi connectivity index (χ1n) is 7.01. The van der Waals surface area contributed by atoms with Crippen molar-refractivity contribution in [1.29, 1.82) is 0 Å². The number of carboxylic acid groups (broad SMARTS) is 1.